The van der Waals surface area contributed by atoms with Crippen molar-refractivity contribution >= 4 is 15.9 Å². The summed E-state index contributed by atoms with van der Waals surface area (Å²) >= 11 is 3.42. The van der Waals surface area contributed by atoms with Gasteiger partial charge < -0.3 is 10.3 Å². The van der Waals surface area contributed by atoms with Crippen LogP contribution >= 0.6 is 15.9 Å². The molecule has 0 aliphatic heterocycles. The Bertz CT molecular complexity index is 563. The van der Waals surface area contributed by atoms with Crippen LogP contribution in [-0.2, 0) is 6.54 Å². The van der Waals surface area contributed by atoms with E-state index in [0.717, 1.165) is 21.6 Å². The van der Waals surface area contributed by atoms with Crippen LogP contribution in [0, 0.1) is 12.7 Å². The molecule has 1 aromatic carbocycles. The Morgan fingerprint density at radius 2 is 2.22 bits per heavy atom. The van der Waals surface area contributed by atoms with Gasteiger partial charge in [0.1, 0.15) is 11.6 Å². The van der Waals surface area contributed by atoms with Gasteiger partial charge in [-0.1, -0.05) is 15.9 Å². The third kappa shape index (κ3) is 2.79. The molecule has 3 nitrogen and oxygen atoms in total. The predicted molar refractivity (Wildman–Crippen MR) is 72.8 cm³/mol. The molecule has 2 aromatic rings. The Kier molecular flexibility index (Phi) is 3.82. The van der Waals surface area contributed by atoms with E-state index in [1.54, 1.807) is 6.07 Å². The van der Waals surface area contributed by atoms with Crippen LogP contribution in [0.5, 0.6) is 0 Å². The van der Waals surface area contributed by atoms with Crippen molar-refractivity contribution in [3.05, 3.63) is 51.8 Å². The summed E-state index contributed by atoms with van der Waals surface area (Å²) in [4.78, 5) is 4.39. The Balaban J connectivity index is 2.31. The van der Waals surface area contributed by atoms with Gasteiger partial charge >= 0.3 is 0 Å². The monoisotopic (exact) mass is 311 g/mol. The van der Waals surface area contributed by atoms with Gasteiger partial charge in [0.2, 0.25) is 0 Å². The molecule has 0 amide bonds. The molecule has 96 valence electrons. The molecule has 0 bridgehead atoms. The van der Waals surface area contributed by atoms with Gasteiger partial charge in [0.15, 0.2) is 0 Å². The topological polar surface area (TPSA) is 43.8 Å². The van der Waals surface area contributed by atoms with Gasteiger partial charge in [-0.05, 0) is 37.6 Å². The molecule has 0 saturated carbocycles. The van der Waals surface area contributed by atoms with E-state index in [1.165, 1.54) is 12.1 Å². The second-order valence-corrected chi connectivity index (χ2v) is 5.22. The van der Waals surface area contributed by atoms with Crippen molar-refractivity contribution in [2.24, 2.45) is 5.73 Å². The summed E-state index contributed by atoms with van der Waals surface area (Å²) in [5, 5.41) is 0. The minimum absolute atomic E-state index is 0.0964. The van der Waals surface area contributed by atoms with Gasteiger partial charge in [-0.2, -0.15) is 0 Å². The molecule has 1 aromatic heterocycles. The Hall–Kier alpha value is -1.20. The molecule has 18 heavy (non-hydrogen) atoms. The highest BCUT2D eigenvalue weighted by atomic mass is 79.9. The Morgan fingerprint density at radius 1 is 1.50 bits per heavy atom. The van der Waals surface area contributed by atoms with E-state index in [9.17, 15) is 4.39 Å². The van der Waals surface area contributed by atoms with Crippen LogP contribution in [0.3, 0.4) is 0 Å². The maximum atomic E-state index is 13.2. The van der Waals surface area contributed by atoms with E-state index in [-0.39, 0.29) is 11.9 Å². The van der Waals surface area contributed by atoms with E-state index in [0.29, 0.717) is 6.54 Å². The number of aryl methyl sites for hydroxylation is 1. The highest BCUT2D eigenvalue weighted by molar-refractivity contribution is 9.10. The van der Waals surface area contributed by atoms with E-state index >= 15 is 0 Å². The van der Waals surface area contributed by atoms with Gasteiger partial charge in [0, 0.05) is 23.3 Å². The summed E-state index contributed by atoms with van der Waals surface area (Å²) in [6.07, 6.45) is 1.91. The Labute approximate surface area is 114 Å². The third-order valence-corrected chi connectivity index (χ3v) is 3.58. The molecule has 2 rings (SSSR count). The molecular weight excluding hydrogens is 297 g/mol. The number of aromatic nitrogens is 2. The molecule has 0 radical (unpaired) electrons. The second-order valence-electron chi connectivity index (χ2n) is 4.37. The lowest BCUT2D eigenvalue weighted by molar-refractivity contribution is 0.622. The third-order valence-electron chi connectivity index (χ3n) is 2.81. The number of benzene rings is 1. The average Bonchev–Trinajstić information content (AvgIpc) is 2.66. The molecule has 0 unspecified atom stereocenters. The van der Waals surface area contributed by atoms with Crippen LogP contribution in [0.4, 0.5) is 4.39 Å². The zero-order chi connectivity index (χ0) is 13.3. The van der Waals surface area contributed by atoms with Gasteiger partial charge in [0.25, 0.3) is 0 Å². The molecule has 5 heteroatoms. The highest BCUT2D eigenvalue weighted by Crippen LogP contribution is 2.20. The number of nitrogens with two attached hydrogens (primary N) is 1. The molecule has 2 N–H and O–H groups in total. The van der Waals surface area contributed by atoms with Gasteiger partial charge in [0.05, 0.1) is 5.69 Å². The molecule has 0 saturated heterocycles. The van der Waals surface area contributed by atoms with Gasteiger partial charge in [-0.25, -0.2) is 9.37 Å². The number of halogens is 2. The summed E-state index contributed by atoms with van der Waals surface area (Å²) < 4.78 is 16.1. The fourth-order valence-corrected chi connectivity index (χ4v) is 2.13. The number of imidazole rings is 1. The van der Waals surface area contributed by atoms with E-state index < -0.39 is 0 Å². The SMILES string of the molecule is Cc1nc([C@H](C)N)cn1Cc1cc(F)ccc1Br. The lowest BCUT2D eigenvalue weighted by atomic mass is 10.2. The molecule has 0 aliphatic rings. The summed E-state index contributed by atoms with van der Waals surface area (Å²) in [6.45, 7) is 4.38. The molecule has 0 aliphatic carbocycles. The van der Waals surface area contributed by atoms with Crippen LogP contribution in [0.15, 0.2) is 28.9 Å². The van der Waals surface area contributed by atoms with Crippen LogP contribution in [-0.4, -0.2) is 9.55 Å². The highest BCUT2D eigenvalue weighted by Gasteiger charge is 2.09. The summed E-state index contributed by atoms with van der Waals surface area (Å²) in [5.74, 6) is 0.636. The normalized spacial score (nSPS) is 12.7. The first kappa shape index (κ1) is 13.2. The van der Waals surface area contributed by atoms with Crippen molar-refractivity contribution < 1.29 is 4.39 Å². The minimum atomic E-state index is -0.238. The zero-order valence-electron chi connectivity index (χ0n) is 10.3. The maximum absolute atomic E-state index is 13.2. The van der Waals surface area contributed by atoms with Gasteiger partial charge in [-0.15, -0.1) is 0 Å². The van der Waals surface area contributed by atoms with Crippen LogP contribution < -0.4 is 5.73 Å². The standard InChI is InChI=1S/C13H15BrFN3/c1-8(16)13-7-18(9(2)17-13)6-10-5-11(15)3-4-12(10)14/h3-5,7-8H,6,16H2,1-2H3/t8-/m0/s1. The molecular formula is C13H15BrFN3. The van der Waals surface area contributed by atoms with Crippen LogP contribution in [0.2, 0.25) is 0 Å². The number of hydrogen-bond acceptors (Lipinski definition) is 2. The summed E-state index contributed by atoms with van der Waals surface area (Å²) in [7, 11) is 0. The molecule has 1 heterocycles. The quantitative estimate of drug-likeness (QED) is 0.946. The van der Waals surface area contributed by atoms with Crippen molar-refractivity contribution in [3.8, 4) is 0 Å². The number of nitrogens with zero attached hydrogens (tertiary/aromatic N) is 2. The molecule has 0 spiro atoms. The zero-order valence-corrected chi connectivity index (χ0v) is 11.9. The lowest BCUT2D eigenvalue weighted by Gasteiger charge is -2.07. The average molecular weight is 312 g/mol. The van der Waals surface area contributed by atoms with Crippen molar-refractivity contribution in [3.63, 3.8) is 0 Å². The molecule has 1 atom stereocenters. The first-order chi connectivity index (χ1) is 8.47. The Morgan fingerprint density at radius 3 is 2.83 bits per heavy atom. The number of hydrogen-bond donors (Lipinski definition) is 1. The van der Waals surface area contributed by atoms with Crippen molar-refractivity contribution in [1.29, 1.82) is 0 Å². The fourth-order valence-electron chi connectivity index (χ4n) is 1.76. The van der Waals surface area contributed by atoms with E-state index in [2.05, 4.69) is 20.9 Å². The molecule has 0 fully saturated rings. The maximum Gasteiger partial charge on any atom is 0.123 e. The van der Waals surface area contributed by atoms with Crippen LogP contribution in [0.25, 0.3) is 0 Å². The predicted octanol–water partition coefficient (Wildman–Crippen LogP) is 3.16. The van der Waals surface area contributed by atoms with Crippen LogP contribution in [0.1, 0.15) is 30.0 Å². The van der Waals surface area contributed by atoms with Crippen molar-refractivity contribution in [2.45, 2.75) is 26.4 Å². The minimum Gasteiger partial charge on any atom is -0.330 e. The van der Waals surface area contributed by atoms with E-state index in [1.807, 2.05) is 24.6 Å². The lowest BCUT2D eigenvalue weighted by Crippen LogP contribution is -2.05. The van der Waals surface area contributed by atoms with Crippen molar-refractivity contribution in [1.82, 2.24) is 9.55 Å². The number of rotatable bonds is 3. The first-order valence-electron chi connectivity index (χ1n) is 5.70. The summed E-state index contributed by atoms with van der Waals surface area (Å²) in [5.41, 5.74) is 7.53. The second kappa shape index (κ2) is 5.20. The summed E-state index contributed by atoms with van der Waals surface area (Å²) in [6, 6.07) is 4.57. The van der Waals surface area contributed by atoms with Crippen molar-refractivity contribution in [2.75, 3.05) is 0 Å². The fraction of sp³-hybridized carbons (Fsp3) is 0.308. The van der Waals surface area contributed by atoms with E-state index in [4.69, 9.17) is 5.73 Å². The van der Waals surface area contributed by atoms with Gasteiger partial charge in [-0.3, -0.25) is 0 Å². The first-order valence-corrected chi connectivity index (χ1v) is 6.50. The smallest absolute Gasteiger partial charge is 0.123 e. The largest absolute Gasteiger partial charge is 0.330 e.